The minimum atomic E-state index is -2.97. The molecule has 0 saturated heterocycles. The molecule has 7 nitrogen and oxygen atoms in total. The molecule has 0 unspecified atom stereocenters. The van der Waals surface area contributed by atoms with Crippen molar-refractivity contribution in [1.29, 1.82) is 0 Å². The van der Waals surface area contributed by atoms with Gasteiger partial charge in [0.15, 0.2) is 0 Å². The Bertz CT molecular complexity index is 437. The van der Waals surface area contributed by atoms with Crippen LogP contribution in [0.5, 0.6) is 0 Å². The fraction of sp³-hybridized carbons (Fsp3) is 0.833. The maximum absolute atomic E-state index is 10.1. The minimum absolute atomic E-state index is 0. The summed E-state index contributed by atoms with van der Waals surface area (Å²) in [6.07, 6.45) is 20.1. The number of aliphatic carboxylic acids is 3. The predicted octanol–water partition coefficient (Wildman–Crippen LogP) is 1.83. The summed E-state index contributed by atoms with van der Waals surface area (Å²) in [5.41, 5.74) is -2.97. The Labute approximate surface area is 207 Å². The summed E-state index contributed by atoms with van der Waals surface area (Å²) in [4.78, 5) is 30.0. The topological polar surface area (TPSA) is 141 Å². The minimum Gasteiger partial charge on any atom is -0.550 e. The zero-order valence-electron chi connectivity index (χ0n) is 19.7. The number of rotatable bonds is 20. The average molecular weight is 544 g/mol. The quantitative estimate of drug-likeness (QED) is 0.140. The van der Waals surface area contributed by atoms with Gasteiger partial charge in [-0.15, -0.1) is 0 Å². The first kappa shape index (κ1) is 35.6. The van der Waals surface area contributed by atoms with Crippen LogP contribution in [0.1, 0.15) is 122 Å². The molecule has 0 bridgehead atoms. The van der Waals surface area contributed by atoms with Crippen molar-refractivity contribution in [2.45, 2.75) is 128 Å². The van der Waals surface area contributed by atoms with Crippen molar-refractivity contribution in [2.75, 3.05) is 0 Å². The Kier molecular flexibility index (Phi) is 27.4. The first-order valence-corrected chi connectivity index (χ1v) is 11.8. The number of carboxylic acids is 3. The van der Waals surface area contributed by atoms with Gasteiger partial charge in [-0.2, -0.15) is 6.42 Å². The van der Waals surface area contributed by atoms with Gasteiger partial charge < -0.3 is 41.7 Å². The average Bonchev–Trinajstić information content (AvgIpc) is 2.67. The molecule has 0 radical (unpaired) electrons. The van der Waals surface area contributed by atoms with Crippen LogP contribution in [0.25, 0.3) is 0 Å². The van der Waals surface area contributed by atoms with Gasteiger partial charge in [-0.05, 0) is 0 Å². The van der Waals surface area contributed by atoms with E-state index in [0.29, 0.717) is 0 Å². The SMILES string of the molecule is O=C([O-])CC(O)(CC(=O)[O-])C(=O)[O-].[CH2-]CCCCCCCCCCCCCCCCC.[Ru+4]. The van der Waals surface area contributed by atoms with Crippen LogP contribution in [0.4, 0.5) is 0 Å². The standard InChI is InChI=1S/C18H37.C6H8O7.Ru/c1-3-5-7-9-11-13-15-17-18-16-14-12-10-8-6-4-2;7-3(8)1-6(13,5(11)12)2-4(9)10;/h1,3-18H2,2H3;13H,1-2H2,(H,7,8)(H,9,10)(H,11,12);/q-1;;+4/p-3. The second-order valence-corrected chi connectivity index (χ2v) is 8.22. The van der Waals surface area contributed by atoms with Crippen LogP contribution in [0.3, 0.4) is 0 Å². The summed E-state index contributed by atoms with van der Waals surface area (Å²) in [6.45, 7) is 6.18. The third kappa shape index (κ3) is 25.3. The number of carbonyl (C=O) groups excluding carboxylic acids is 3. The van der Waals surface area contributed by atoms with Gasteiger partial charge in [0.25, 0.3) is 0 Å². The summed E-state index contributed by atoms with van der Waals surface area (Å²) < 4.78 is 0. The van der Waals surface area contributed by atoms with Crippen LogP contribution >= 0.6 is 0 Å². The maximum atomic E-state index is 10.1. The molecular formula is C24H42O7Ru. The van der Waals surface area contributed by atoms with Crippen molar-refractivity contribution in [3.63, 3.8) is 0 Å². The summed E-state index contributed by atoms with van der Waals surface area (Å²) in [6, 6.07) is 0. The molecule has 0 aliphatic heterocycles. The largest absolute Gasteiger partial charge is 4.00 e. The van der Waals surface area contributed by atoms with Gasteiger partial charge in [0.2, 0.25) is 0 Å². The molecule has 0 saturated carbocycles. The molecule has 0 aliphatic carbocycles. The number of aliphatic hydroxyl groups is 1. The van der Waals surface area contributed by atoms with Crippen molar-refractivity contribution in [3.8, 4) is 0 Å². The molecule has 0 fully saturated rings. The van der Waals surface area contributed by atoms with E-state index in [1.54, 1.807) is 0 Å². The van der Waals surface area contributed by atoms with Crippen molar-refractivity contribution in [1.82, 2.24) is 0 Å². The number of carboxylic acid groups (broad SMARTS) is 3. The Morgan fingerprint density at radius 3 is 1.16 bits per heavy atom. The third-order valence-corrected chi connectivity index (χ3v) is 5.11. The van der Waals surface area contributed by atoms with Gasteiger partial charge in [-0.3, -0.25) is 0 Å². The first-order valence-electron chi connectivity index (χ1n) is 11.8. The zero-order chi connectivity index (χ0) is 24.0. The number of carbonyl (C=O) groups is 3. The van der Waals surface area contributed by atoms with Gasteiger partial charge in [0.05, 0.1) is 5.97 Å². The molecule has 0 heterocycles. The molecule has 8 heteroatoms. The number of unbranched alkanes of at least 4 members (excludes halogenated alkanes) is 15. The van der Waals surface area contributed by atoms with E-state index in [1.165, 1.54) is 96.3 Å². The molecule has 0 aliphatic rings. The van der Waals surface area contributed by atoms with E-state index in [2.05, 4.69) is 13.8 Å². The number of hydrogen-bond acceptors (Lipinski definition) is 7. The monoisotopic (exact) mass is 544 g/mol. The van der Waals surface area contributed by atoms with Gasteiger partial charge >= 0.3 is 19.5 Å². The molecule has 0 aromatic rings. The Balaban J connectivity index is -0.000000535. The van der Waals surface area contributed by atoms with Crippen LogP contribution < -0.4 is 15.3 Å². The van der Waals surface area contributed by atoms with E-state index in [9.17, 15) is 29.7 Å². The van der Waals surface area contributed by atoms with Crippen LogP contribution in [0.15, 0.2) is 0 Å². The van der Waals surface area contributed by atoms with E-state index in [0.717, 1.165) is 6.42 Å². The van der Waals surface area contributed by atoms with Gasteiger partial charge in [-0.1, -0.05) is 103 Å². The Hall–Kier alpha value is -1.01. The summed E-state index contributed by atoms with van der Waals surface area (Å²) >= 11 is 0. The summed E-state index contributed by atoms with van der Waals surface area (Å²) in [5, 5.41) is 38.9. The van der Waals surface area contributed by atoms with Gasteiger partial charge in [-0.25, -0.2) is 0 Å². The molecule has 1 N–H and O–H groups in total. The number of hydrogen-bond donors (Lipinski definition) is 1. The molecule has 0 atom stereocenters. The molecule has 0 aromatic carbocycles. The fourth-order valence-corrected chi connectivity index (χ4v) is 3.23. The molecule has 0 spiro atoms. The van der Waals surface area contributed by atoms with Crippen LogP contribution in [-0.2, 0) is 33.9 Å². The van der Waals surface area contributed by atoms with E-state index in [4.69, 9.17) is 5.11 Å². The zero-order valence-corrected chi connectivity index (χ0v) is 21.4. The van der Waals surface area contributed by atoms with Crippen LogP contribution in [-0.4, -0.2) is 28.6 Å². The Morgan fingerprint density at radius 1 is 0.656 bits per heavy atom. The second kappa shape index (κ2) is 24.6. The van der Waals surface area contributed by atoms with E-state index < -0.39 is 36.4 Å². The van der Waals surface area contributed by atoms with E-state index >= 15 is 0 Å². The van der Waals surface area contributed by atoms with Crippen LogP contribution in [0.2, 0.25) is 0 Å². The second-order valence-electron chi connectivity index (χ2n) is 8.22. The van der Waals surface area contributed by atoms with E-state index in [-0.39, 0.29) is 19.5 Å². The Morgan fingerprint density at radius 2 is 0.938 bits per heavy atom. The summed E-state index contributed by atoms with van der Waals surface area (Å²) in [7, 11) is 0. The maximum Gasteiger partial charge on any atom is 4.00 e. The van der Waals surface area contributed by atoms with Crippen molar-refractivity contribution < 1.29 is 54.3 Å². The van der Waals surface area contributed by atoms with Gasteiger partial charge in [0.1, 0.15) is 5.60 Å². The van der Waals surface area contributed by atoms with E-state index in [1.807, 2.05) is 0 Å². The molecule has 32 heavy (non-hydrogen) atoms. The summed E-state index contributed by atoms with van der Waals surface area (Å²) in [5.74, 6) is -5.98. The van der Waals surface area contributed by atoms with Crippen LogP contribution in [0, 0.1) is 6.92 Å². The molecule has 188 valence electrons. The first-order chi connectivity index (χ1) is 14.7. The molecular weight excluding hydrogens is 501 g/mol. The van der Waals surface area contributed by atoms with Crippen molar-refractivity contribution >= 4 is 17.9 Å². The third-order valence-electron chi connectivity index (χ3n) is 5.11. The smallest absolute Gasteiger partial charge is 0.550 e. The fourth-order valence-electron chi connectivity index (χ4n) is 3.23. The van der Waals surface area contributed by atoms with Gasteiger partial charge in [0, 0.05) is 24.8 Å². The predicted molar refractivity (Wildman–Crippen MR) is 114 cm³/mol. The molecule has 0 aromatic heterocycles. The van der Waals surface area contributed by atoms with Crippen molar-refractivity contribution in [2.24, 2.45) is 0 Å². The molecule has 0 rings (SSSR count). The normalized spacial score (nSPS) is 10.6. The van der Waals surface area contributed by atoms with Crippen molar-refractivity contribution in [3.05, 3.63) is 6.92 Å². The molecule has 0 amide bonds.